The van der Waals surface area contributed by atoms with Gasteiger partial charge in [0.05, 0.1) is 23.6 Å². The third kappa shape index (κ3) is 4.41. The summed E-state index contributed by atoms with van der Waals surface area (Å²) in [5.74, 6) is 0.694. The van der Waals surface area contributed by atoms with Crippen molar-refractivity contribution in [2.24, 2.45) is 5.92 Å². The zero-order valence-electron chi connectivity index (χ0n) is 17.5. The van der Waals surface area contributed by atoms with E-state index in [4.69, 9.17) is 16.3 Å². The highest BCUT2D eigenvalue weighted by Crippen LogP contribution is 2.33. The molecule has 7 heteroatoms. The van der Waals surface area contributed by atoms with Crippen molar-refractivity contribution in [3.63, 3.8) is 0 Å². The van der Waals surface area contributed by atoms with Gasteiger partial charge in [0, 0.05) is 38.4 Å². The van der Waals surface area contributed by atoms with E-state index in [-0.39, 0.29) is 17.9 Å². The van der Waals surface area contributed by atoms with Crippen LogP contribution in [0.15, 0.2) is 42.5 Å². The van der Waals surface area contributed by atoms with E-state index in [0.717, 1.165) is 31.7 Å². The lowest BCUT2D eigenvalue weighted by Crippen LogP contribution is -2.51. The number of anilines is 1. The van der Waals surface area contributed by atoms with E-state index < -0.39 is 0 Å². The van der Waals surface area contributed by atoms with E-state index in [9.17, 15) is 4.79 Å². The molecule has 2 heterocycles. The Labute approximate surface area is 183 Å². The van der Waals surface area contributed by atoms with Gasteiger partial charge in [0.15, 0.2) is 0 Å². The maximum absolute atomic E-state index is 13.3. The van der Waals surface area contributed by atoms with Crippen LogP contribution in [0.2, 0.25) is 5.02 Å². The summed E-state index contributed by atoms with van der Waals surface area (Å²) in [4.78, 5) is 17.7. The molecule has 2 saturated heterocycles. The highest BCUT2D eigenvalue weighted by Gasteiger charge is 2.37. The van der Waals surface area contributed by atoms with Gasteiger partial charge in [0.25, 0.3) is 0 Å². The van der Waals surface area contributed by atoms with Crippen molar-refractivity contribution in [2.45, 2.75) is 19.9 Å². The molecule has 0 saturated carbocycles. The van der Waals surface area contributed by atoms with Gasteiger partial charge in [-0.3, -0.25) is 10.2 Å². The van der Waals surface area contributed by atoms with Gasteiger partial charge in [-0.05, 0) is 49.2 Å². The molecule has 2 aliphatic rings. The first-order chi connectivity index (χ1) is 14.6. The van der Waals surface area contributed by atoms with Crippen molar-refractivity contribution in [1.82, 2.24) is 15.8 Å². The van der Waals surface area contributed by atoms with Crippen LogP contribution in [0.1, 0.15) is 24.1 Å². The number of hydrogen-bond acceptors (Lipinski definition) is 5. The number of benzene rings is 2. The van der Waals surface area contributed by atoms with E-state index in [2.05, 4.69) is 46.9 Å². The number of amides is 1. The van der Waals surface area contributed by atoms with Gasteiger partial charge in [-0.15, -0.1) is 0 Å². The second-order valence-corrected chi connectivity index (χ2v) is 8.29. The first kappa shape index (κ1) is 21.0. The highest BCUT2D eigenvalue weighted by atomic mass is 35.5. The van der Waals surface area contributed by atoms with Crippen molar-refractivity contribution in [1.29, 1.82) is 0 Å². The predicted octanol–water partition coefficient (Wildman–Crippen LogP) is 3.16. The summed E-state index contributed by atoms with van der Waals surface area (Å²) in [6.07, 6.45) is 0. The maximum Gasteiger partial charge on any atom is 0.229 e. The Balaban J connectivity index is 1.41. The van der Waals surface area contributed by atoms with E-state index in [0.29, 0.717) is 23.9 Å². The smallest absolute Gasteiger partial charge is 0.229 e. The minimum atomic E-state index is -0.162. The lowest BCUT2D eigenvalue weighted by molar-refractivity contribution is -0.135. The number of aryl methyl sites for hydroxylation is 1. The summed E-state index contributed by atoms with van der Waals surface area (Å²) < 4.78 is 5.53. The number of halogens is 1. The zero-order valence-corrected chi connectivity index (χ0v) is 18.3. The van der Waals surface area contributed by atoms with E-state index in [1.54, 1.807) is 0 Å². The van der Waals surface area contributed by atoms with Gasteiger partial charge >= 0.3 is 0 Å². The van der Waals surface area contributed by atoms with Gasteiger partial charge in [-0.2, -0.15) is 0 Å². The number of piperazine rings is 1. The zero-order chi connectivity index (χ0) is 21.1. The largest absolute Gasteiger partial charge is 0.492 e. The summed E-state index contributed by atoms with van der Waals surface area (Å²) >= 11 is 6.37. The van der Waals surface area contributed by atoms with Crippen LogP contribution in [0.4, 0.5) is 5.69 Å². The van der Waals surface area contributed by atoms with Crippen LogP contribution in [-0.4, -0.2) is 50.1 Å². The minimum absolute atomic E-state index is 0.111. The van der Waals surface area contributed by atoms with Crippen LogP contribution >= 0.6 is 11.6 Å². The summed E-state index contributed by atoms with van der Waals surface area (Å²) in [5, 5.41) is 0.570. The van der Waals surface area contributed by atoms with Crippen molar-refractivity contribution >= 4 is 23.2 Å². The van der Waals surface area contributed by atoms with E-state index in [1.165, 1.54) is 11.3 Å². The molecule has 0 radical (unpaired) electrons. The fraction of sp³-hybridized carbons (Fsp3) is 0.435. The molecule has 2 aromatic carbocycles. The Bertz CT molecular complexity index is 899. The van der Waals surface area contributed by atoms with Gasteiger partial charge in [0.1, 0.15) is 5.75 Å². The van der Waals surface area contributed by atoms with Crippen LogP contribution in [-0.2, 0) is 4.79 Å². The molecular weight excluding hydrogens is 400 g/mol. The molecule has 2 unspecified atom stereocenters. The number of ether oxygens (including phenoxy) is 1. The molecule has 2 fully saturated rings. The lowest BCUT2D eigenvalue weighted by atomic mass is 9.93. The van der Waals surface area contributed by atoms with Gasteiger partial charge in [-0.1, -0.05) is 29.8 Å². The van der Waals surface area contributed by atoms with Gasteiger partial charge in [-0.25, -0.2) is 5.43 Å². The molecule has 6 nitrogen and oxygen atoms in total. The monoisotopic (exact) mass is 428 g/mol. The molecule has 0 aromatic heterocycles. The minimum Gasteiger partial charge on any atom is -0.492 e. The average molecular weight is 429 g/mol. The Morgan fingerprint density at radius 2 is 1.97 bits per heavy atom. The second-order valence-electron chi connectivity index (χ2n) is 7.88. The summed E-state index contributed by atoms with van der Waals surface area (Å²) in [6, 6.07) is 14.2. The van der Waals surface area contributed by atoms with E-state index in [1.807, 2.05) is 30.0 Å². The van der Waals surface area contributed by atoms with Crippen LogP contribution in [0.25, 0.3) is 0 Å². The molecule has 2 aliphatic heterocycles. The number of hydrogen-bond donors (Lipinski definition) is 2. The molecule has 2 aromatic rings. The standard InChI is InChI=1S/C23H29ClN4O2/c1-3-30-21-8-7-17(14-20(21)24)22-19(15-25-26-22)23(29)28-11-9-27(10-12-28)18-6-4-5-16(2)13-18/h4-8,13-14,19,22,25-26H,3,9-12,15H2,1-2H3. The van der Waals surface area contributed by atoms with Crippen LogP contribution in [0, 0.1) is 12.8 Å². The third-order valence-electron chi connectivity index (χ3n) is 5.87. The molecule has 0 spiro atoms. The number of rotatable bonds is 5. The topological polar surface area (TPSA) is 56.8 Å². The van der Waals surface area contributed by atoms with Gasteiger partial charge in [0.2, 0.25) is 5.91 Å². The third-order valence-corrected chi connectivity index (χ3v) is 6.17. The molecule has 2 atom stereocenters. The van der Waals surface area contributed by atoms with Crippen LogP contribution in [0.3, 0.4) is 0 Å². The number of carbonyl (C=O) groups is 1. The SMILES string of the molecule is CCOc1ccc(C2NNCC2C(=O)N2CCN(c3cccc(C)c3)CC2)cc1Cl. The number of nitrogens with zero attached hydrogens (tertiary/aromatic N) is 2. The number of nitrogens with one attached hydrogen (secondary N) is 2. The second kappa shape index (κ2) is 9.25. The Morgan fingerprint density at radius 1 is 1.17 bits per heavy atom. The van der Waals surface area contributed by atoms with Crippen molar-refractivity contribution < 1.29 is 9.53 Å². The molecule has 160 valence electrons. The Morgan fingerprint density at radius 3 is 2.67 bits per heavy atom. The average Bonchev–Trinajstić information content (AvgIpc) is 3.25. The van der Waals surface area contributed by atoms with Crippen molar-refractivity contribution in [3.05, 3.63) is 58.6 Å². The summed E-state index contributed by atoms with van der Waals surface area (Å²) in [7, 11) is 0. The van der Waals surface area contributed by atoms with Crippen LogP contribution in [0.5, 0.6) is 5.75 Å². The fourth-order valence-corrected chi connectivity index (χ4v) is 4.51. The first-order valence-corrected chi connectivity index (χ1v) is 11.0. The number of hydrazine groups is 1. The summed E-state index contributed by atoms with van der Waals surface area (Å²) in [5.41, 5.74) is 9.89. The Kier molecular flexibility index (Phi) is 6.46. The predicted molar refractivity (Wildman–Crippen MR) is 120 cm³/mol. The maximum atomic E-state index is 13.3. The molecule has 1 amide bonds. The quantitative estimate of drug-likeness (QED) is 0.766. The highest BCUT2D eigenvalue weighted by molar-refractivity contribution is 6.32. The molecular formula is C23H29ClN4O2. The lowest BCUT2D eigenvalue weighted by Gasteiger charge is -2.37. The van der Waals surface area contributed by atoms with Crippen LogP contribution < -0.4 is 20.5 Å². The van der Waals surface area contributed by atoms with Gasteiger partial charge < -0.3 is 14.5 Å². The molecule has 4 rings (SSSR count). The molecule has 0 bridgehead atoms. The van der Waals surface area contributed by atoms with Crippen molar-refractivity contribution in [3.8, 4) is 5.75 Å². The summed E-state index contributed by atoms with van der Waals surface area (Å²) in [6.45, 7) is 8.38. The molecule has 30 heavy (non-hydrogen) atoms. The first-order valence-electron chi connectivity index (χ1n) is 10.6. The molecule has 0 aliphatic carbocycles. The normalized spacial score (nSPS) is 21.7. The number of carbonyl (C=O) groups excluding carboxylic acids is 1. The molecule has 2 N–H and O–H groups in total. The fourth-order valence-electron chi connectivity index (χ4n) is 4.27. The van der Waals surface area contributed by atoms with Crippen molar-refractivity contribution in [2.75, 3.05) is 44.2 Å². The Hall–Kier alpha value is -2.28. The van der Waals surface area contributed by atoms with E-state index >= 15 is 0 Å².